The summed E-state index contributed by atoms with van der Waals surface area (Å²) in [6.07, 6.45) is 0.547. The lowest BCUT2D eigenvalue weighted by Gasteiger charge is -2.07. The minimum absolute atomic E-state index is 0.0499. The Morgan fingerprint density at radius 2 is 2.06 bits per heavy atom. The Balaban J connectivity index is 2.95. The van der Waals surface area contributed by atoms with E-state index in [9.17, 15) is 13.2 Å². The fourth-order valence-electron chi connectivity index (χ4n) is 1.11. The van der Waals surface area contributed by atoms with E-state index in [2.05, 4.69) is 4.98 Å². The molecule has 7 heteroatoms. The second kappa shape index (κ2) is 4.87. The summed E-state index contributed by atoms with van der Waals surface area (Å²) in [5.41, 5.74) is 0.387. The van der Waals surface area contributed by atoms with Crippen molar-refractivity contribution in [2.45, 2.75) is 39.4 Å². The van der Waals surface area contributed by atoms with Crippen LogP contribution in [0.5, 0.6) is 0 Å². The molecule has 96 valence electrons. The Kier molecular flexibility index (Phi) is 3.92. The molecule has 0 aliphatic heterocycles. The van der Waals surface area contributed by atoms with Gasteiger partial charge in [-0.05, 0) is 20.8 Å². The van der Waals surface area contributed by atoms with Gasteiger partial charge in [0.2, 0.25) is 15.8 Å². The first-order valence-corrected chi connectivity index (χ1v) is 6.84. The van der Waals surface area contributed by atoms with Crippen LogP contribution in [-0.4, -0.2) is 24.6 Å². The molecule has 0 fully saturated rings. The zero-order valence-electron chi connectivity index (χ0n) is 10.3. The van der Waals surface area contributed by atoms with Gasteiger partial charge in [-0.15, -0.1) is 0 Å². The van der Waals surface area contributed by atoms with Gasteiger partial charge in [0.25, 0.3) is 0 Å². The number of aromatic nitrogens is 1. The Labute approximate surface area is 100 Å². The Hall–Kier alpha value is -1.37. The smallest absolute Gasteiger partial charge is 0.302 e. The van der Waals surface area contributed by atoms with E-state index in [1.807, 2.05) is 11.6 Å². The third kappa shape index (κ3) is 3.06. The highest BCUT2D eigenvalue weighted by molar-refractivity contribution is 7.90. The minimum Gasteiger partial charge on any atom is -0.435 e. The van der Waals surface area contributed by atoms with Crippen LogP contribution >= 0.6 is 0 Å². The summed E-state index contributed by atoms with van der Waals surface area (Å²) in [6.45, 7) is 6.40. The molecule has 0 bridgehead atoms. The molecule has 0 saturated heterocycles. The molecular formula is C10H16N2O4S. The van der Waals surface area contributed by atoms with E-state index in [4.69, 9.17) is 4.42 Å². The van der Waals surface area contributed by atoms with E-state index in [1.165, 1.54) is 13.8 Å². The number of nitrogens with zero attached hydrogens (tertiary/aromatic N) is 1. The summed E-state index contributed by atoms with van der Waals surface area (Å²) in [6, 6.07) is 0. The quantitative estimate of drug-likeness (QED) is 0.872. The number of amides is 1. The van der Waals surface area contributed by atoms with Gasteiger partial charge >= 0.3 is 5.91 Å². The molecule has 1 aromatic heterocycles. The topological polar surface area (TPSA) is 89.3 Å². The molecule has 6 nitrogen and oxygen atoms in total. The van der Waals surface area contributed by atoms with Gasteiger partial charge in [0.15, 0.2) is 5.89 Å². The number of hydrogen-bond donors (Lipinski definition) is 1. The number of oxazole rings is 1. The fraction of sp³-hybridized carbons (Fsp3) is 0.600. The maximum atomic E-state index is 11.7. The monoisotopic (exact) mass is 260 g/mol. The van der Waals surface area contributed by atoms with Crippen LogP contribution in [0.15, 0.2) is 4.42 Å². The molecule has 0 aliphatic carbocycles. The standard InChI is InChI=1S/C10H16N2O4S/c1-5-8-11-7(4)9(16-8)10(13)12-17(14,15)6(2)3/h6H,5H2,1-4H3,(H,12,13). The second-order valence-corrected chi connectivity index (χ2v) is 6.14. The van der Waals surface area contributed by atoms with E-state index in [0.29, 0.717) is 18.0 Å². The summed E-state index contributed by atoms with van der Waals surface area (Å²) in [4.78, 5) is 15.7. The summed E-state index contributed by atoms with van der Waals surface area (Å²) in [5, 5.41) is -0.680. The lowest BCUT2D eigenvalue weighted by atomic mass is 10.4. The van der Waals surface area contributed by atoms with Crippen LogP contribution in [0, 0.1) is 6.92 Å². The van der Waals surface area contributed by atoms with E-state index in [1.54, 1.807) is 6.92 Å². The van der Waals surface area contributed by atoms with Gasteiger partial charge in [-0.2, -0.15) is 0 Å². The SMILES string of the molecule is CCc1nc(C)c(C(=O)NS(=O)(=O)C(C)C)o1. The van der Waals surface area contributed by atoms with Crippen molar-refractivity contribution >= 4 is 15.9 Å². The van der Waals surface area contributed by atoms with Crippen LogP contribution in [0.3, 0.4) is 0 Å². The van der Waals surface area contributed by atoms with Crippen LogP contribution in [0.2, 0.25) is 0 Å². The maximum absolute atomic E-state index is 11.7. The van der Waals surface area contributed by atoms with Crippen LogP contribution < -0.4 is 4.72 Å². The van der Waals surface area contributed by atoms with Gasteiger partial charge in [-0.3, -0.25) is 4.79 Å². The predicted molar refractivity (Wildman–Crippen MR) is 62.1 cm³/mol. The first-order chi connectivity index (χ1) is 7.77. The molecule has 1 aromatic rings. The van der Waals surface area contributed by atoms with Crippen LogP contribution in [0.25, 0.3) is 0 Å². The molecule has 0 atom stereocenters. The molecule has 0 unspecified atom stereocenters. The Bertz CT molecular complexity index is 516. The van der Waals surface area contributed by atoms with Gasteiger partial charge in [-0.25, -0.2) is 18.1 Å². The van der Waals surface area contributed by atoms with E-state index in [0.717, 1.165) is 0 Å². The normalized spacial score (nSPS) is 11.8. The number of carbonyl (C=O) groups excluding carboxylic acids is 1. The lowest BCUT2D eigenvalue weighted by molar-refractivity contribution is 0.0951. The van der Waals surface area contributed by atoms with Crippen LogP contribution in [-0.2, 0) is 16.4 Å². The highest BCUT2D eigenvalue weighted by atomic mass is 32.2. The Morgan fingerprint density at radius 1 is 1.47 bits per heavy atom. The third-order valence-electron chi connectivity index (χ3n) is 2.21. The highest BCUT2D eigenvalue weighted by Crippen LogP contribution is 2.11. The number of nitrogens with one attached hydrogen (secondary N) is 1. The number of aryl methyl sites for hydroxylation is 2. The van der Waals surface area contributed by atoms with E-state index < -0.39 is 21.2 Å². The fourth-order valence-corrected chi connectivity index (χ4v) is 1.69. The van der Waals surface area contributed by atoms with E-state index >= 15 is 0 Å². The molecule has 1 amide bonds. The molecule has 1 N–H and O–H groups in total. The largest absolute Gasteiger partial charge is 0.435 e. The van der Waals surface area contributed by atoms with Crippen molar-refractivity contribution in [1.82, 2.24) is 9.71 Å². The van der Waals surface area contributed by atoms with Crippen LogP contribution in [0.1, 0.15) is 42.9 Å². The van der Waals surface area contributed by atoms with Crippen molar-refractivity contribution < 1.29 is 17.6 Å². The average molecular weight is 260 g/mol. The summed E-state index contributed by atoms with van der Waals surface area (Å²) >= 11 is 0. The van der Waals surface area contributed by atoms with Crippen molar-refractivity contribution in [2.24, 2.45) is 0 Å². The molecule has 1 rings (SSSR count). The van der Waals surface area contributed by atoms with Crippen LogP contribution in [0.4, 0.5) is 0 Å². The van der Waals surface area contributed by atoms with Crippen molar-refractivity contribution in [3.05, 3.63) is 17.3 Å². The molecule has 0 aromatic carbocycles. The van der Waals surface area contributed by atoms with Crippen molar-refractivity contribution in [3.8, 4) is 0 Å². The molecular weight excluding hydrogens is 244 g/mol. The number of sulfonamides is 1. The third-order valence-corrected chi connectivity index (χ3v) is 3.92. The predicted octanol–water partition coefficient (Wildman–Crippen LogP) is 1.01. The number of hydrogen-bond acceptors (Lipinski definition) is 5. The molecule has 0 radical (unpaired) electrons. The van der Waals surface area contributed by atoms with Crippen molar-refractivity contribution in [3.63, 3.8) is 0 Å². The lowest BCUT2D eigenvalue weighted by Crippen LogP contribution is -2.35. The van der Waals surface area contributed by atoms with E-state index in [-0.39, 0.29) is 5.76 Å². The summed E-state index contributed by atoms with van der Waals surface area (Å²) < 4.78 is 30.1. The second-order valence-electron chi connectivity index (χ2n) is 3.90. The zero-order chi connectivity index (χ0) is 13.2. The van der Waals surface area contributed by atoms with Gasteiger partial charge in [0, 0.05) is 6.42 Å². The summed E-state index contributed by atoms with van der Waals surface area (Å²) in [7, 11) is -3.65. The molecule has 17 heavy (non-hydrogen) atoms. The van der Waals surface area contributed by atoms with Crippen molar-refractivity contribution in [1.29, 1.82) is 0 Å². The number of rotatable bonds is 4. The molecule has 0 spiro atoms. The maximum Gasteiger partial charge on any atom is 0.302 e. The van der Waals surface area contributed by atoms with Gasteiger partial charge in [0.1, 0.15) is 0 Å². The zero-order valence-corrected chi connectivity index (χ0v) is 11.1. The van der Waals surface area contributed by atoms with Crippen molar-refractivity contribution in [2.75, 3.05) is 0 Å². The van der Waals surface area contributed by atoms with Gasteiger partial charge < -0.3 is 4.42 Å². The van der Waals surface area contributed by atoms with Gasteiger partial charge in [0.05, 0.1) is 10.9 Å². The minimum atomic E-state index is -3.65. The first kappa shape index (κ1) is 13.7. The molecule has 0 aliphatic rings. The highest BCUT2D eigenvalue weighted by Gasteiger charge is 2.24. The average Bonchev–Trinajstić information content (AvgIpc) is 2.58. The number of carbonyl (C=O) groups is 1. The molecule has 0 saturated carbocycles. The van der Waals surface area contributed by atoms with Gasteiger partial charge in [-0.1, -0.05) is 6.92 Å². The molecule has 1 heterocycles. The summed E-state index contributed by atoms with van der Waals surface area (Å²) in [5.74, 6) is -0.413. The first-order valence-electron chi connectivity index (χ1n) is 5.30. The Morgan fingerprint density at radius 3 is 2.47 bits per heavy atom.